The van der Waals surface area contributed by atoms with E-state index in [1.807, 2.05) is 0 Å². The minimum atomic E-state index is -0.721. The Bertz CT molecular complexity index is 1240. The molecule has 11 heteroatoms. The van der Waals surface area contributed by atoms with Crippen molar-refractivity contribution in [1.82, 2.24) is 14.5 Å². The third kappa shape index (κ3) is 5.11. The molecule has 0 radical (unpaired) electrons. The Labute approximate surface area is 187 Å². The molecule has 3 rings (SSSR count). The van der Waals surface area contributed by atoms with E-state index in [2.05, 4.69) is 10.3 Å². The molecule has 0 aliphatic rings. The second kappa shape index (κ2) is 10.1. The first-order valence-electron chi connectivity index (χ1n) is 9.45. The zero-order valence-electron chi connectivity index (χ0n) is 17.7. The van der Waals surface area contributed by atoms with E-state index in [0.717, 1.165) is 20.9 Å². The lowest BCUT2D eigenvalue weighted by molar-refractivity contribution is -0.118. The summed E-state index contributed by atoms with van der Waals surface area (Å²) in [7, 11) is 4.18. The van der Waals surface area contributed by atoms with Crippen molar-refractivity contribution < 1.29 is 19.1 Å². The van der Waals surface area contributed by atoms with Gasteiger partial charge in [0, 0.05) is 14.1 Å². The maximum Gasteiger partial charge on any atom is 0.333 e. The fourth-order valence-electron chi connectivity index (χ4n) is 2.74. The zero-order chi connectivity index (χ0) is 23.3. The predicted octanol–water partition coefficient (Wildman–Crippen LogP) is 1.52. The van der Waals surface area contributed by atoms with Gasteiger partial charge in [0.05, 0.1) is 31.4 Å². The maximum atomic E-state index is 12.8. The molecule has 32 heavy (non-hydrogen) atoms. The van der Waals surface area contributed by atoms with E-state index in [4.69, 9.17) is 9.15 Å². The van der Waals surface area contributed by atoms with Crippen molar-refractivity contribution in [2.24, 2.45) is 19.1 Å². The summed E-state index contributed by atoms with van der Waals surface area (Å²) in [4.78, 5) is 41.7. The lowest BCUT2D eigenvalue weighted by Crippen LogP contribution is -2.39. The minimum absolute atomic E-state index is 0.0822. The van der Waals surface area contributed by atoms with Gasteiger partial charge in [0.15, 0.2) is 0 Å². The number of benzene rings is 1. The number of thioether (sulfide) groups is 1. The van der Waals surface area contributed by atoms with Crippen molar-refractivity contribution in [3.63, 3.8) is 0 Å². The van der Waals surface area contributed by atoms with Crippen LogP contribution in [0.3, 0.4) is 0 Å². The SMILES string of the molecule is COc1ccc(N=C(SCC(=O)NCc2ccco2)c2c(O)n(C)c(=O)n(C)c2=O)cc1. The summed E-state index contributed by atoms with van der Waals surface area (Å²) in [5.74, 6) is 0.279. The third-order valence-electron chi connectivity index (χ3n) is 4.53. The van der Waals surface area contributed by atoms with Crippen molar-refractivity contribution in [2.75, 3.05) is 12.9 Å². The van der Waals surface area contributed by atoms with Crippen LogP contribution in [0.15, 0.2) is 61.7 Å². The van der Waals surface area contributed by atoms with Gasteiger partial charge >= 0.3 is 5.69 Å². The molecular weight excluding hydrogens is 436 g/mol. The second-order valence-corrected chi connectivity index (χ2v) is 7.63. The largest absolute Gasteiger partial charge is 0.497 e. The summed E-state index contributed by atoms with van der Waals surface area (Å²) in [5, 5.41) is 13.3. The highest BCUT2D eigenvalue weighted by Crippen LogP contribution is 2.24. The molecule has 10 nitrogen and oxygen atoms in total. The standard InChI is InChI=1S/C21H22N4O6S/c1-24-19(27)17(20(28)25(2)21(24)29)18(23-13-6-8-14(30-3)9-7-13)32-12-16(26)22-11-15-5-4-10-31-15/h4-10,27H,11-12H2,1-3H3,(H,22,26). The maximum absolute atomic E-state index is 12.8. The lowest BCUT2D eigenvalue weighted by atomic mass is 10.3. The van der Waals surface area contributed by atoms with Crippen LogP contribution >= 0.6 is 11.8 Å². The summed E-state index contributed by atoms with van der Waals surface area (Å²) in [6, 6.07) is 10.2. The molecule has 1 amide bonds. The molecule has 0 saturated heterocycles. The van der Waals surface area contributed by atoms with Crippen LogP contribution < -0.4 is 21.3 Å². The molecule has 2 heterocycles. The summed E-state index contributed by atoms with van der Waals surface area (Å²) in [6.07, 6.45) is 1.51. The summed E-state index contributed by atoms with van der Waals surface area (Å²) in [5.41, 5.74) is -1.10. The average molecular weight is 458 g/mol. The number of nitrogens with zero attached hydrogens (tertiary/aromatic N) is 3. The molecule has 0 bridgehead atoms. The highest BCUT2D eigenvalue weighted by atomic mass is 32.2. The van der Waals surface area contributed by atoms with E-state index in [1.165, 1.54) is 27.5 Å². The summed E-state index contributed by atoms with van der Waals surface area (Å²) in [6.45, 7) is 0.213. The number of rotatable bonds is 7. The van der Waals surface area contributed by atoms with E-state index >= 15 is 0 Å². The Hall–Kier alpha value is -3.73. The van der Waals surface area contributed by atoms with Gasteiger partial charge in [-0.1, -0.05) is 11.8 Å². The Kier molecular flexibility index (Phi) is 7.21. The number of aliphatic imine (C=N–C) groups is 1. The second-order valence-electron chi connectivity index (χ2n) is 6.66. The molecule has 1 aromatic carbocycles. The first-order valence-corrected chi connectivity index (χ1v) is 10.4. The van der Waals surface area contributed by atoms with Crippen LogP contribution in [0, 0.1) is 0 Å². The molecule has 168 valence electrons. The molecule has 0 spiro atoms. The van der Waals surface area contributed by atoms with Crippen LogP contribution in [0.1, 0.15) is 11.3 Å². The van der Waals surface area contributed by atoms with E-state index in [0.29, 0.717) is 17.2 Å². The monoisotopic (exact) mass is 458 g/mol. The van der Waals surface area contributed by atoms with Gasteiger partial charge in [-0.05, 0) is 36.4 Å². The fraction of sp³-hybridized carbons (Fsp3) is 0.238. The van der Waals surface area contributed by atoms with E-state index in [-0.39, 0.29) is 28.8 Å². The van der Waals surface area contributed by atoms with Crippen LogP contribution in [0.5, 0.6) is 11.6 Å². The molecule has 0 aliphatic carbocycles. The molecule has 2 N–H and O–H groups in total. The molecule has 2 aromatic heterocycles. The summed E-state index contributed by atoms with van der Waals surface area (Å²) < 4.78 is 12.1. The number of methoxy groups -OCH3 is 1. The molecule has 0 fully saturated rings. The number of ether oxygens (including phenoxy) is 1. The van der Waals surface area contributed by atoms with Gasteiger partial charge in [-0.3, -0.25) is 18.7 Å². The topological polar surface area (TPSA) is 128 Å². The van der Waals surface area contributed by atoms with Gasteiger partial charge in [-0.25, -0.2) is 9.79 Å². The number of carbonyl (C=O) groups is 1. The quantitative estimate of drug-likeness (QED) is 0.406. The molecule has 0 saturated carbocycles. The number of amides is 1. The van der Waals surface area contributed by atoms with Crippen LogP contribution in [0.25, 0.3) is 0 Å². The van der Waals surface area contributed by atoms with E-state index < -0.39 is 17.1 Å². The Morgan fingerprint density at radius 2 is 1.91 bits per heavy atom. The number of furan rings is 1. The van der Waals surface area contributed by atoms with Crippen molar-refractivity contribution in [3.05, 3.63) is 74.8 Å². The molecule has 3 aromatic rings. The van der Waals surface area contributed by atoms with Gasteiger partial charge in [0.2, 0.25) is 11.8 Å². The molecule has 0 aliphatic heterocycles. The van der Waals surface area contributed by atoms with Crippen LogP contribution in [-0.2, 0) is 25.4 Å². The smallest absolute Gasteiger partial charge is 0.333 e. The normalized spacial score (nSPS) is 11.4. The number of aromatic hydroxyl groups is 1. The van der Waals surface area contributed by atoms with Crippen molar-refractivity contribution in [2.45, 2.75) is 6.54 Å². The number of nitrogens with one attached hydrogen (secondary N) is 1. The van der Waals surface area contributed by atoms with Crippen molar-refractivity contribution in [1.29, 1.82) is 0 Å². The number of carbonyl (C=O) groups excluding carboxylic acids is 1. The van der Waals surface area contributed by atoms with Crippen LogP contribution in [-0.4, -0.2) is 38.1 Å². The Balaban J connectivity index is 1.93. The molecule has 0 unspecified atom stereocenters. The predicted molar refractivity (Wildman–Crippen MR) is 121 cm³/mol. The first-order chi connectivity index (χ1) is 15.3. The molecular formula is C21H22N4O6S. The summed E-state index contributed by atoms with van der Waals surface area (Å²) >= 11 is 0.964. The van der Waals surface area contributed by atoms with Gasteiger partial charge < -0.3 is 19.6 Å². The van der Waals surface area contributed by atoms with Crippen LogP contribution in [0.2, 0.25) is 0 Å². The van der Waals surface area contributed by atoms with E-state index in [1.54, 1.807) is 36.4 Å². The zero-order valence-corrected chi connectivity index (χ0v) is 18.5. The highest BCUT2D eigenvalue weighted by Gasteiger charge is 2.22. The van der Waals surface area contributed by atoms with Gasteiger partial charge in [-0.2, -0.15) is 0 Å². The van der Waals surface area contributed by atoms with Crippen molar-refractivity contribution >= 4 is 28.4 Å². The van der Waals surface area contributed by atoms with Crippen LogP contribution in [0.4, 0.5) is 5.69 Å². The number of hydrogen-bond acceptors (Lipinski definition) is 8. The van der Waals surface area contributed by atoms with Gasteiger partial charge in [-0.15, -0.1) is 0 Å². The Morgan fingerprint density at radius 1 is 1.19 bits per heavy atom. The first kappa shape index (κ1) is 22.9. The number of aromatic nitrogens is 2. The Morgan fingerprint density at radius 3 is 2.53 bits per heavy atom. The van der Waals surface area contributed by atoms with Gasteiger partial charge in [0.1, 0.15) is 22.1 Å². The van der Waals surface area contributed by atoms with Crippen molar-refractivity contribution in [3.8, 4) is 11.6 Å². The number of hydrogen-bond donors (Lipinski definition) is 2. The third-order valence-corrected chi connectivity index (χ3v) is 5.51. The highest BCUT2D eigenvalue weighted by molar-refractivity contribution is 8.15. The van der Waals surface area contributed by atoms with E-state index in [9.17, 15) is 19.5 Å². The average Bonchev–Trinajstić information content (AvgIpc) is 3.32. The van der Waals surface area contributed by atoms with Gasteiger partial charge in [0.25, 0.3) is 5.56 Å². The minimum Gasteiger partial charge on any atom is -0.497 e. The molecule has 0 atom stereocenters. The lowest BCUT2D eigenvalue weighted by Gasteiger charge is -2.12. The fourth-order valence-corrected chi connectivity index (χ4v) is 3.60.